The summed E-state index contributed by atoms with van der Waals surface area (Å²) in [6.45, 7) is 5.96. The second kappa shape index (κ2) is 6.10. The highest BCUT2D eigenvalue weighted by molar-refractivity contribution is 7.98. The van der Waals surface area contributed by atoms with Crippen LogP contribution in [-0.2, 0) is 18.6 Å². The van der Waals surface area contributed by atoms with Gasteiger partial charge in [0.1, 0.15) is 5.39 Å². The smallest absolute Gasteiger partial charge is 0.278 e. The van der Waals surface area contributed by atoms with E-state index in [9.17, 15) is 9.90 Å². The molecule has 1 atom stereocenters. The van der Waals surface area contributed by atoms with Crippen LogP contribution in [0.3, 0.4) is 0 Å². The minimum Gasteiger partial charge on any atom is -0.385 e. The molecule has 6 nitrogen and oxygen atoms in total. The van der Waals surface area contributed by atoms with Gasteiger partial charge >= 0.3 is 0 Å². The third-order valence-electron chi connectivity index (χ3n) is 4.94. The van der Waals surface area contributed by atoms with Crippen molar-refractivity contribution in [3.8, 4) is 5.69 Å². The van der Waals surface area contributed by atoms with Gasteiger partial charge in [0, 0.05) is 6.20 Å². The van der Waals surface area contributed by atoms with Crippen molar-refractivity contribution in [3.05, 3.63) is 58.5 Å². The van der Waals surface area contributed by atoms with Crippen LogP contribution in [0.5, 0.6) is 0 Å². The fraction of sp³-hybridized carbons (Fsp3) is 0.316. The molecule has 7 heteroatoms. The predicted octanol–water partition coefficient (Wildman–Crippen LogP) is 2.64. The number of fused-ring (bicyclic) bond motifs is 2. The first-order valence-electron chi connectivity index (χ1n) is 8.46. The highest BCUT2D eigenvalue weighted by atomic mass is 32.2. The molecule has 4 rings (SSSR count). The Balaban J connectivity index is 2.03. The average Bonchev–Trinajstić information content (AvgIpc) is 3.09. The number of allylic oxidation sites excluding steroid dienone is 1. The van der Waals surface area contributed by atoms with Crippen LogP contribution in [0.1, 0.15) is 24.5 Å². The van der Waals surface area contributed by atoms with E-state index < -0.39 is 5.60 Å². The first-order valence-corrected chi connectivity index (χ1v) is 9.68. The maximum absolute atomic E-state index is 12.8. The van der Waals surface area contributed by atoms with E-state index in [0.717, 1.165) is 23.2 Å². The third-order valence-corrected chi connectivity index (χ3v) is 5.50. The molecule has 0 saturated heterocycles. The Hall–Kier alpha value is -2.38. The summed E-state index contributed by atoms with van der Waals surface area (Å²) in [5.41, 5.74) is 2.41. The lowest BCUT2D eigenvalue weighted by atomic mass is 9.98. The second-order valence-corrected chi connectivity index (χ2v) is 7.47. The van der Waals surface area contributed by atoms with E-state index >= 15 is 0 Å². The molecule has 1 aliphatic rings. The number of aromatic nitrogens is 4. The molecule has 0 aliphatic heterocycles. The van der Waals surface area contributed by atoms with Gasteiger partial charge in [-0.1, -0.05) is 23.9 Å². The summed E-state index contributed by atoms with van der Waals surface area (Å²) in [6, 6.07) is 5.96. The van der Waals surface area contributed by atoms with Crippen LogP contribution >= 0.6 is 11.8 Å². The van der Waals surface area contributed by atoms with E-state index in [2.05, 4.69) is 16.5 Å². The van der Waals surface area contributed by atoms with Crippen LogP contribution < -0.4 is 5.56 Å². The summed E-state index contributed by atoms with van der Waals surface area (Å²) in [4.78, 5) is 21.6. The van der Waals surface area contributed by atoms with E-state index in [4.69, 9.17) is 0 Å². The number of benzene rings is 1. The zero-order chi connectivity index (χ0) is 18.5. The molecule has 0 spiro atoms. The van der Waals surface area contributed by atoms with Crippen molar-refractivity contribution in [2.45, 2.75) is 37.1 Å². The molecule has 0 bridgehead atoms. The average molecular weight is 368 g/mol. The predicted molar refractivity (Wildman–Crippen MR) is 103 cm³/mol. The second-order valence-electron chi connectivity index (χ2n) is 6.70. The van der Waals surface area contributed by atoms with Crippen molar-refractivity contribution in [1.82, 2.24) is 19.3 Å². The summed E-state index contributed by atoms with van der Waals surface area (Å²) in [5.74, 6) is 0. The summed E-state index contributed by atoms with van der Waals surface area (Å²) in [7, 11) is 0. The van der Waals surface area contributed by atoms with Crippen molar-refractivity contribution in [3.63, 3.8) is 0 Å². The van der Waals surface area contributed by atoms with Gasteiger partial charge in [0.2, 0.25) is 0 Å². The molecule has 3 aromatic rings. The first-order chi connectivity index (χ1) is 12.5. The van der Waals surface area contributed by atoms with E-state index in [1.165, 1.54) is 11.8 Å². The molecular formula is C19H20N4O2S. The molecule has 0 amide bonds. The van der Waals surface area contributed by atoms with E-state index in [-0.39, 0.29) is 5.56 Å². The van der Waals surface area contributed by atoms with Crippen molar-refractivity contribution in [2.24, 2.45) is 0 Å². The maximum atomic E-state index is 12.8. The minimum absolute atomic E-state index is 0.153. The molecule has 1 N–H and O–H groups in total. The van der Waals surface area contributed by atoms with Crippen molar-refractivity contribution in [2.75, 3.05) is 6.26 Å². The zero-order valence-corrected chi connectivity index (χ0v) is 15.6. The fourth-order valence-electron chi connectivity index (χ4n) is 3.59. The molecule has 1 unspecified atom stereocenters. The van der Waals surface area contributed by atoms with Crippen LogP contribution in [0.25, 0.3) is 16.7 Å². The lowest BCUT2D eigenvalue weighted by molar-refractivity contribution is 0.0594. The number of aliphatic hydroxyl groups is 1. The Bertz CT molecular complexity index is 1080. The monoisotopic (exact) mass is 368 g/mol. The topological polar surface area (TPSA) is 72.9 Å². The van der Waals surface area contributed by atoms with Gasteiger partial charge in [0.25, 0.3) is 5.56 Å². The van der Waals surface area contributed by atoms with E-state index in [1.54, 1.807) is 21.6 Å². The Labute approximate surface area is 155 Å². The van der Waals surface area contributed by atoms with Gasteiger partial charge < -0.3 is 5.11 Å². The Morgan fingerprint density at radius 3 is 3.00 bits per heavy atom. The zero-order valence-electron chi connectivity index (χ0n) is 14.8. The van der Waals surface area contributed by atoms with Crippen LogP contribution in [0, 0.1) is 0 Å². The molecule has 0 fully saturated rings. The van der Waals surface area contributed by atoms with Crippen molar-refractivity contribution < 1.29 is 5.11 Å². The summed E-state index contributed by atoms with van der Waals surface area (Å²) >= 11 is 1.43. The standard InChI is InChI=1S/C19H20N4O2S/c1-4-9-22-17(24)14-11-20-18(26-3)21-16(14)23(22)13-6-5-12-7-8-19(2,25)15(12)10-13/h4-6,10-11,25H,1,7-9H2,2-3H3. The maximum Gasteiger partial charge on any atom is 0.278 e. The largest absolute Gasteiger partial charge is 0.385 e. The third kappa shape index (κ3) is 2.50. The van der Waals surface area contributed by atoms with Crippen LogP contribution in [0.15, 0.2) is 47.0 Å². The van der Waals surface area contributed by atoms with E-state index in [0.29, 0.717) is 29.2 Å². The molecule has 0 saturated carbocycles. The normalized spacial score (nSPS) is 19.0. The molecular weight excluding hydrogens is 348 g/mol. The van der Waals surface area contributed by atoms with Gasteiger partial charge in [-0.05, 0) is 49.3 Å². The molecule has 1 aromatic carbocycles. The number of rotatable bonds is 4. The molecule has 0 radical (unpaired) electrons. The quantitative estimate of drug-likeness (QED) is 0.435. The lowest BCUT2D eigenvalue weighted by Crippen LogP contribution is -2.22. The number of nitrogens with zero attached hydrogens (tertiary/aromatic N) is 4. The van der Waals surface area contributed by atoms with Gasteiger partial charge in [-0.3, -0.25) is 4.79 Å². The van der Waals surface area contributed by atoms with Crippen LogP contribution in [0.2, 0.25) is 0 Å². The lowest BCUT2D eigenvalue weighted by Gasteiger charge is -2.19. The SMILES string of the molecule is C=CCn1c(=O)c2cnc(SC)nc2n1-c1ccc2c(c1)C(C)(O)CC2. The van der Waals surface area contributed by atoms with Crippen molar-refractivity contribution >= 4 is 22.8 Å². The van der Waals surface area contributed by atoms with Gasteiger partial charge in [0.05, 0.1) is 17.8 Å². The molecule has 26 heavy (non-hydrogen) atoms. The first kappa shape index (κ1) is 17.1. The van der Waals surface area contributed by atoms with Crippen molar-refractivity contribution in [1.29, 1.82) is 0 Å². The number of hydrogen-bond donors (Lipinski definition) is 1. The number of hydrogen-bond acceptors (Lipinski definition) is 5. The van der Waals surface area contributed by atoms with E-state index in [1.807, 2.05) is 31.4 Å². The Kier molecular flexibility index (Phi) is 4.00. The van der Waals surface area contributed by atoms with Gasteiger partial charge in [0.15, 0.2) is 10.8 Å². The van der Waals surface area contributed by atoms with Gasteiger partial charge in [-0.15, -0.1) is 6.58 Å². The van der Waals surface area contributed by atoms with Gasteiger partial charge in [-0.25, -0.2) is 19.3 Å². The Morgan fingerprint density at radius 2 is 2.27 bits per heavy atom. The number of thioether (sulfide) groups is 1. The fourth-order valence-corrected chi connectivity index (χ4v) is 3.92. The summed E-state index contributed by atoms with van der Waals surface area (Å²) in [6.07, 6.45) is 6.72. The highest BCUT2D eigenvalue weighted by Gasteiger charge is 2.32. The summed E-state index contributed by atoms with van der Waals surface area (Å²) < 4.78 is 3.40. The summed E-state index contributed by atoms with van der Waals surface area (Å²) in [5, 5.41) is 11.7. The van der Waals surface area contributed by atoms with Crippen LogP contribution in [-0.4, -0.2) is 30.7 Å². The molecule has 2 heterocycles. The molecule has 134 valence electrons. The molecule has 2 aromatic heterocycles. The minimum atomic E-state index is -0.850. The van der Waals surface area contributed by atoms with Crippen LogP contribution in [0.4, 0.5) is 0 Å². The van der Waals surface area contributed by atoms with Gasteiger partial charge in [-0.2, -0.15) is 0 Å². The Morgan fingerprint density at radius 1 is 1.46 bits per heavy atom. The number of aryl methyl sites for hydroxylation is 1. The highest BCUT2D eigenvalue weighted by Crippen LogP contribution is 2.37. The molecule has 1 aliphatic carbocycles.